The van der Waals surface area contributed by atoms with Gasteiger partial charge < -0.3 is 35.5 Å². The van der Waals surface area contributed by atoms with Gasteiger partial charge in [0.1, 0.15) is 11.9 Å². The number of benzene rings is 1. The number of nitrogens with two attached hydrogens (primary N) is 1. The summed E-state index contributed by atoms with van der Waals surface area (Å²) in [5.74, 6) is -0.620. The van der Waals surface area contributed by atoms with E-state index in [4.69, 9.17) is 19.9 Å². The number of anilines is 1. The predicted octanol–water partition coefficient (Wildman–Crippen LogP) is 3.85. The quantitative estimate of drug-likeness (QED) is 0.353. The normalized spacial score (nSPS) is 31.8. The summed E-state index contributed by atoms with van der Waals surface area (Å²) < 4.78 is 16.6. The van der Waals surface area contributed by atoms with Crippen LogP contribution in [-0.4, -0.2) is 60.8 Å². The van der Waals surface area contributed by atoms with Gasteiger partial charge in [0.15, 0.2) is 6.10 Å². The number of ether oxygens (including phenoxy) is 3. The number of aliphatic hydroxyl groups is 1. The van der Waals surface area contributed by atoms with Gasteiger partial charge in [0.2, 0.25) is 0 Å². The molecule has 37 heavy (non-hydrogen) atoms. The Morgan fingerprint density at radius 2 is 1.86 bits per heavy atom. The lowest BCUT2D eigenvalue weighted by molar-refractivity contribution is -0.112. The first-order chi connectivity index (χ1) is 17.5. The van der Waals surface area contributed by atoms with Crippen molar-refractivity contribution < 1.29 is 34.0 Å². The molecular formula is C28H40N2O7. The molecule has 1 aliphatic heterocycles. The van der Waals surface area contributed by atoms with Crippen LogP contribution in [0.25, 0.3) is 0 Å². The second-order valence-electron chi connectivity index (χ2n) is 9.68. The first-order valence-electron chi connectivity index (χ1n) is 12.3. The van der Waals surface area contributed by atoms with Crippen molar-refractivity contribution in [3.05, 3.63) is 59.2 Å². The number of carbonyl (C=O) groups is 2. The molecule has 0 spiro atoms. The van der Waals surface area contributed by atoms with Crippen molar-refractivity contribution in [2.75, 3.05) is 19.5 Å². The fourth-order valence-electron chi connectivity index (χ4n) is 4.47. The molecule has 1 aromatic rings. The van der Waals surface area contributed by atoms with Crippen molar-refractivity contribution in [2.45, 2.75) is 65.0 Å². The topological polar surface area (TPSA) is 140 Å². The maximum Gasteiger partial charge on any atom is 0.405 e. The molecule has 6 atom stereocenters. The zero-order chi connectivity index (χ0) is 27.7. The smallest absolute Gasteiger partial charge is 0.405 e. The number of aliphatic hydroxyl groups excluding tert-OH is 1. The summed E-state index contributed by atoms with van der Waals surface area (Å²) in [6, 6.07) is 5.12. The Labute approximate surface area is 219 Å². The van der Waals surface area contributed by atoms with Gasteiger partial charge in [-0.15, -0.1) is 0 Å². The minimum absolute atomic E-state index is 0.0366. The minimum Gasteiger partial charge on any atom is -0.506 e. The van der Waals surface area contributed by atoms with Crippen molar-refractivity contribution >= 4 is 17.7 Å². The standard InChI is InChI=1S/C28H40N2O7/c1-16-12-20-10-11-22(31)21(15-20)30-27(33)17(2)8-7-9-23(35-5)26(37-28(29)34)19(4)14-18(3)25(32)24(13-16)36-6/h7-11,14-16,18,23-26,31-32H,12-13H2,1-6H3,(H2,29,34)(H,30,33)/b9-7-,17-8+,19-14+/t16-,18+,23+,24+,25-,26+/m1/s1. The van der Waals surface area contributed by atoms with E-state index in [2.05, 4.69) is 12.2 Å². The number of methoxy groups -OCH3 is 2. The molecular weight excluding hydrogens is 476 g/mol. The maximum atomic E-state index is 12.7. The van der Waals surface area contributed by atoms with Gasteiger partial charge in [0.05, 0.1) is 17.9 Å². The molecule has 0 radical (unpaired) electrons. The van der Waals surface area contributed by atoms with E-state index in [-0.39, 0.29) is 23.5 Å². The third-order valence-corrected chi connectivity index (χ3v) is 6.54. The highest BCUT2D eigenvalue weighted by molar-refractivity contribution is 6.04. The molecule has 2 bridgehead atoms. The lowest BCUT2D eigenvalue weighted by Gasteiger charge is -2.29. The zero-order valence-corrected chi connectivity index (χ0v) is 22.4. The number of aromatic hydroxyl groups is 1. The van der Waals surface area contributed by atoms with Gasteiger partial charge in [-0.3, -0.25) is 4.79 Å². The Kier molecular flexibility index (Phi) is 11.4. The average molecular weight is 517 g/mol. The van der Waals surface area contributed by atoms with Gasteiger partial charge in [-0.05, 0) is 55.9 Å². The fourth-order valence-corrected chi connectivity index (χ4v) is 4.47. The Morgan fingerprint density at radius 3 is 2.49 bits per heavy atom. The molecule has 0 saturated carbocycles. The van der Waals surface area contributed by atoms with Crippen LogP contribution in [0.3, 0.4) is 0 Å². The summed E-state index contributed by atoms with van der Waals surface area (Å²) in [5.41, 5.74) is 7.61. The molecule has 9 nitrogen and oxygen atoms in total. The van der Waals surface area contributed by atoms with Gasteiger partial charge in [0, 0.05) is 25.7 Å². The number of primary amides is 1. The van der Waals surface area contributed by atoms with Crippen LogP contribution in [-0.2, 0) is 25.4 Å². The molecule has 0 aromatic heterocycles. The van der Waals surface area contributed by atoms with Crippen LogP contribution in [0, 0.1) is 11.8 Å². The first-order valence-corrected chi connectivity index (χ1v) is 12.3. The van der Waals surface area contributed by atoms with Crippen LogP contribution in [0.5, 0.6) is 5.75 Å². The molecule has 5 N–H and O–H groups in total. The molecule has 1 heterocycles. The van der Waals surface area contributed by atoms with Crippen LogP contribution in [0.2, 0.25) is 0 Å². The lowest BCUT2D eigenvalue weighted by atomic mass is 9.88. The number of hydrogen-bond donors (Lipinski definition) is 4. The molecule has 0 unspecified atom stereocenters. The number of fused-ring (bicyclic) bond motifs is 2. The van der Waals surface area contributed by atoms with E-state index in [1.54, 1.807) is 51.3 Å². The molecule has 2 rings (SSSR count). The summed E-state index contributed by atoms with van der Waals surface area (Å²) in [5, 5.41) is 24.1. The van der Waals surface area contributed by atoms with E-state index < -0.39 is 30.5 Å². The Balaban J connectivity index is 2.53. The number of amides is 2. The Bertz CT molecular complexity index is 1030. The highest BCUT2D eigenvalue weighted by Crippen LogP contribution is 2.28. The number of rotatable bonds is 3. The van der Waals surface area contributed by atoms with Crippen molar-refractivity contribution in [3.8, 4) is 5.75 Å². The van der Waals surface area contributed by atoms with Crippen molar-refractivity contribution in [3.63, 3.8) is 0 Å². The van der Waals surface area contributed by atoms with E-state index in [9.17, 15) is 19.8 Å². The highest BCUT2D eigenvalue weighted by Gasteiger charge is 2.29. The summed E-state index contributed by atoms with van der Waals surface area (Å²) in [6.45, 7) is 7.33. The molecule has 0 fully saturated rings. The van der Waals surface area contributed by atoms with E-state index >= 15 is 0 Å². The SMILES string of the molecule is CO[C@H]1/C=C\C=C(/C)C(=O)Nc2cc(ccc2O)C[C@@H](C)C[C@H](OC)[C@H](O)[C@@H](C)/C=C(\C)[C@@H]1OC(N)=O. The van der Waals surface area contributed by atoms with Crippen LogP contribution in [0.1, 0.15) is 39.7 Å². The summed E-state index contributed by atoms with van der Waals surface area (Å²) in [4.78, 5) is 24.4. The van der Waals surface area contributed by atoms with Gasteiger partial charge in [0.25, 0.3) is 5.91 Å². The molecule has 204 valence electrons. The second kappa shape index (κ2) is 14.0. The van der Waals surface area contributed by atoms with Crippen molar-refractivity contribution in [2.24, 2.45) is 17.6 Å². The van der Waals surface area contributed by atoms with E-state index in [1.807, 2.05) is 19.1 Å². The van der Waals surface area contributed by atoms with E-state index in [0.717, 1.165) is 5.56 Å². The van der Waals surface area contributed by atoms with Crippen LogP contribution in [0.4, 0.5) is 10.5 Å². The number of phenolic OH excluding ortho intramolecular Hbond substituents is 1. The zero-order valence-electron chi connectivity index (χ0n) is 22.4. The molecule has 1 aliphatic rings. The summed E-state index contributed by atoms with van der Waals surface area (Å²) in [6.07, 6.45) is 4.12. The molecule has 1 aromatic carbocycles. The third kappa shape index (κ3) is 8.73. The van der Waals surface area contributed by atoms with E-state index in [0.29, 0.717) is 29.7 Å². The Morgan fingerprint density at radius 1 is 1.16 bits per heavy atom. The highest BCUT2D eigenvalue weighted by atomic mass is 16.6. The maximum absolute atomic E-state index is 12.7. The monoisotopic (exact) mass is 516 g/mol. The van der Waals surface area contributed by atoms with Gasteiger partial charge >= 0.3 is 6.09 Å². The molecule has 0 saturated heterocycles. The lowest BCUT2D eigenvalue weighted by Crippen LogP contribution is -2.37. The molecule has 2 amide bonds. The number of carbonyl (C=O) groups excluding carboxylic acids is 2. The van der Waals surface area contributed by atoms with Crippen LogP contribution >= 0.6 is 0 Å². The summed E-state index contributed by atoms with van der Waals surface area (Å²) >= 11 is 0. The van der Waals surface area contributed by atoms with Crippen LogP contribution in [0.15, 0.2) is 53.6 Å². The number of phenols is 1. The number of allylic oxidation sites excluding steroid dienone is 2. The minimum atomic E-state index is -0.962. The summed E-state index contributed by atoms with van der Waals surface area (Å²) in [7, 11) is 3.03. The third-order valence-electron chi connectivity index (χ3n) is 6.54. The molecule has 9 heteroatoms. The second-order valence-corrected chi connectivity index (χ2v) is 9.68. The Hall–Kier alpha value is -3.14. The number of hydrogen-bond acceptors (Lipinski definition) is 7. The van der Waals surface area contributed by atoms with Crippen molar-refractivity contribution in [1.82, 2.24) is 0 Å². The number of nitrogens with one attached hydrogen (secondary N) is 1. The first kappa shape index (κ1) is 30.1. The van der Waals surface area contributed by atoms with Crippen LogP contribution < -0.4 is 11.1 Å². The fraction of sp³-hybridized carbons (Fsp3) is 0.500. The molecule has 0 aliphatic carbocycles. The van der Waals surface area contributed by atoms with Crippen molar-refractivity contribution in [1.29, 1.82) is 0 Å². The average Bonchev–Trinajstić information content (AvgIpc) is 2.84. The van der Waals surface area contributed by atoms with E-state index in [1.165, 1.54) is 7.11 Å². The van der Waals surface area contributed by atoms with Gasteiger partial charge in [-0.2, -0.15) is 0 Å². The largest absolute Gasteiger partial charge is 0.506 e. The van der Waals surface area contributed by atoms with Gasteiger partial charge in [-0.1, -0.05) is 44.2 Å². The predicted molar refractivity (Wildman–Crippen MR) is 142 cm³/mol. The van der Waals surface area contributed by atoms with Gasteiger partial charge in [-0.25, -0.2) is 4.79 Å².